The van der Waals surface area contributed by atoms with Crippen molar-refractivity contribution in [3.05, 3.63) is 42.2 Å². The molecular weight excluding hydrogens is 368 g/mol. The summed E-state index contributed by atoms with van der Waals surface area (Å²) in [5, 5.41) is 6.97. The summed E-state index contributed by atoms with van der Waals surface area (Å²) >= 11 is 0. The van der Waals surface area contributed by atoms with Crippen LogP contribution in [-0.4, -0.2) is 46.1 Å². The number of rotatable bonds is 4. The predicted molar refractivity (Wildman–Crippen MR) is 109 cm³/mol. The molecule has 1 N–H and O–H groups in total. The number of hydrogen-bond acceptors (Lipinski definition) is 5. The van der Waals surface area contributed by atoms with E-state index >= 15 is 0 Å². The Kier molecular flexibility index (Phi) is 5.39. The summed E-state index contributed by atoms with van der Waals surface area (Å²) < 4.78 is 0. The minimum absolute atomic E-state index is 0.194. The molecule has 4 rings (SSSR count). The molecule has 1 aromatic heterocycles. The lowest BCUT2D eigenvalue weighted by molar-refractivity contribution is -0.150. The third kappa shape index (κ3) is 4.18. The zero-order chi connectivity index (χ0) is 20.3. The number of amides is 2. The monoisotopic (exact) mass is 396 g/mol. The van der Waals surface area contributed by atoms with Crippen molar-refractivity contribution in [2.75, 3.05) is 13.1 Å². The molecular formula is C22H28N4O3. The first-order valence-corrected chi connectivity index (χ1v) is 10.4. The van der Waals surface area contributed by atoms with Crippen molar-refractivity contribution in [1.29, 1.82) is 0 Å². The molecule has 2 unspecified atom stereocenters. The number of oxime groups is 1. The second-order valence-corrected chi connectivity index (χ2v) is 8.64. The first kappa shape index (κ1) is 19.6. The first-order valence-electron chi connectivity index (χ1n) is 10.4. The highest BCUT2D eigenvalue weighted by Gasteiger charge is 2.47. The summed E-state index contributed by atoms with van der Waals surface area (Å²) in [5.74, 6) is -0.0300. The van der Waals surface area contributed by atoms with Crippen LogP contribution in [0.2, 0.25) is 0 Å². The van der Waals surface area contributed by atoms with Crippen molar-refractivity contribution in [3.63, 3.8) is 0 Å². The Balaban J connectivity index is 1.35. The highest BCUT2D eigenvalue weighted by molar-refractivity contribution is 6.39. The molecule has 0 saturated carbocycles. The van der Waals surface area contributed by atoms with Gasteiger partial charge in [-0.15, -0.1) is 0 Å². The average molecular weight is 396 g/mol. The van der Waals surface area contributed by atoms with Gasteiger partial charge in [0.05, 0.1) is 12.0 Å². The van der Waals surface area contributed by atoms with E-state index in [0.29, 0.717) is 25.2 Å². The molecule has 154 valence electrons. The molecule has 29 heavy (non-hydrogen) atoms. The van der Waals surface area contributed by atoms with E-state index in [9.17, 15) is 9.59 Å². The molecule has 1 saturated heterocycles. The van der Waals surface area contributed by atoms with Gasteiger partial charge in [-0.2, -0.15) is 0 Å². The Morgan fingerprint density at radius 3 is 2.97 bits per heavy atom. The van der Waals surface area contributed by atoms with Crippen LogP contribution in [0.15, 0.2) is 41.8 Å². The molecule has 1 fully saturated rings. The van der Waals surface area contributed by atoms with E-state index in [0.717, 1.165) is 44.2 Å². The molecule has 2 amide bonds. The Morgan fingerprint density at radius 1 is 1.31 bits per heavy atom. The standard InChI is InChI=1S/C22H28N4O3/c1-21(8-3-2-4-9-21)20(28)26-12-6-10-22(16-26)13-18(25-29-22)19(27)24-15-17-7-5-11-23-14-17/h2-3,5,7,11,14H,4,6,8-10,12-13,15-16H2,1H3,(H,24,27). The average Bonchev–Trinajstić information content (AvgIpc) is 3.16. The van der Waals surface area contributed by atoms with Gasteiger partial charge in [0, 0.05) is 31.9 Å². The third-order valence-corrected chi connectivity index (χ3v) is 6.22. The maximum Gasteiger partial charge on any atom is 0.269 e. The van der Waals surface area contributed by atoms with Gasteiger partial charge in [-0.25, -0.2) is 0 Å². The number of carbonyl (C=O) groups is 2. The number of carbonyl (C=O) groups excluding carboxylic acids is 2. The normalized spacial score (nSPS) is 28.7. The smallest absolute Gasteiger partial charge is 0.269 e. The number of nitrogens with zero attached hydrogens (tertiary/aromatic N) is 3. The minimum atomic E-state index is -0.574. The van der Waals surface area contributed by atoms with E-state index < -0.39 is 5.60 Å². The molecule has 0 radical (unpaired) electrons. The van der Waals surface area contributed by atoms with Gasteiger partial charge in [-0.05, 0) is 43.7 Å². The summed E-state index contributed by atoms with van der Waals surface area (Å²) in [6.07, 6.45) is 12.4. The van der Waals surface area contributed by atoms with E-state index in [-0.39, 0.29) is 17.2 Å². The second kappa shape index (κ2) is 7.97. The Labute approximate surface area is 171 Å². The number of pyridine rings is 1. The van der Waals surface area contributed by atoms with Gasteiger partial charge >= 0.3 is 0 Å². The van der Waals surface area contributed by atoms with Crippen LogP contribution < -0.4 is 5.32 Å². The number of hydrogen-bond donors (Lipinski definition) is 1. The highest BCUT2D eigenvalue weighted by Crippen LogP contribution is 2.38. The third-order valence-electron chi connectivity index (χ3n) is 6.22. The Morgan fingerprint density at radius 2 is 2.21 bits per heavy atom. The van der Waals surface area contributed by atoms with Gasteiger partial charge in [0.25, 0.3) is 5.91 Å². The molecule has 7 heteroatoms. The fourth-order valence-electron chi connectivity index (χ4n) is 4.46. The minimum Gasteiger partial charge on any atom is -0.386 e. The van der Waals surface area contributed by atoms with Gasteiger partial charge < -0.3 is 15.1 Å². The summed E-state index contributed by atoms with van der Waals surface area (Å²) in [5.41, 5.74) is 0.418. The number of piperidine rings is 1. The number of nitrogens with one attached hydrogen (secondary N) is 1. The molecule has 3 heterocycles. The van der Waals surface area contributed by atoms with Gasteiger partial charge in [0.1, 0.15) is 5.71 Å². The van der Waals surface area contributed by atoms with Crippen LogP contribution in [0.3, 0.4) is 0 Å². The maximum absolute atomic E-state index is 13.2. The van der Waals surface area contributed by atoms with Crippen LogP contribution in [0.1, 0.15) is 51.0 Å². The predicted octanol–water partition coefficient (Wildman–Crippen LogP) is 2.58. The lowest BCUT2D eigenvalue weighted by Gasteiger charge is -2.42. The quantitative estimate of drug-likeness (QED) is 0.793. The molecule has 1 spiro atoms. The maximum atomic E-state index is 13.2. The van der Waals surface area contributed by atoms with Crippen molar-refractivity contribution in [2.45, 2.75) is 57.6 Å². The number of likely N-dealkylation sites (tertiary alicyclic amines) is 1. The van der Waals surface area contributed by atoms with Gasteiger partial charge in [0.2, 0.25) is 5.91 Å². The van der Waals surface area contributed by atoms with Crippen LogP contribution in [0.4, 0.5) is 0 Å². The first-order chi connectivity index (χ1) is 14.0. The summed E-state index contributed by atoms with van der Waals surface area (Å²) in [6, 6.07) is 3.75. The molecule has 0 aromatic carbocycles. The van der Waals surface area contributed by atoms with Crippen molar-refractivity contribution in [2.24, 2.45) is 10.6 Å². The molecule has 1 aliphatic carbocycles. The fourth-order valence-corrected chi connectivity index (χ4v) is 4.46. The van der Waals surface area contributed by atoms with Crippen LogP contribution in [0, 0.1) is 5.41 Å². The Bertz CT molecular complexity index is 838. The fraction of sp³-hybridized carbons (Fsp3) is 0.545. The van der Waals surface area contributed by atoms with E-state index in [1.165, 1.54) is 0 Å². The van der Waals surface area contributed by atoms with Crippen LogP contribution in [0.5, 0.6) is 0 Å². The van der Waals surface area contributed by atoms with E-state index in [2.05, 4.69) is 34.5 Å². The summed E-state index contributed by atoms with van der Waals surface area (Å²) in [7, 11) is 0. The summed E-state index contributed by atoms with van der Waals surface area (Å²) in [4.78, 5) is 37.5. The van der Waals surface area contributed by atoms with Crippen LogP contribution in [-0.2, 0) is 21.0 Å². The van der Waals surface area contributed by atoms with E-state index in [4.69, 9.17) is 4.84 Å². The molecule has 2 aliphatic heterocycles. The van der Waals surface area contributed by atoms with Crippen LogP contribution >= 0.6 is 0 Å². The largest absolute Gasteiger partial charge is 0.386 e. The second-order valence-electron chi connectivity index (χ2n) is 8.64. The molecule has 3 aliphatic rings. The SMILES string of the molecule is CC1(C(=O)N2CCCC3(CC(C(=O)NCc4cccnc4)=NO3)C2)CC=CCC1. The van der Waals surface area contributed by atoms with Gasteiger partial charge in [-0.1, -0.05) is 30.3 Å². The van der Waals surface area contributed by atoms with Crippen molar-refractivity contribution in [1.82, 2.24) is 15.2 Å². The van der Waals surface area contributed by atoms with E-state index in [1.807, 2.05) is 17.0 Å². The summed E-state index contributed by atoms with van der Waals surface area (Å²) in [6.45, 7) is 3.69. The Hall–Kier alpha value is -2.70. The molecule has 7 nitrogen and oxygen atoms in total. The molecule has 1 aromatic rings. The van der Waals surface area contributed by atoms with Crippen molar-refractivity contribution < 1.29 is 14.4 Å². The zero-order valence-corrected chi connectivity index (χ0v) is 16.9. The lowest BCUT2D eigenvalue weighted by atomic mass is 9.76. The number of aromatic nitrogens is 1. The van der Waals surface area contributed by atoms with Crippen molar-refractivity contribution in [3.8, 4) is 0 Å². The van der Waals surface area contributed by atoms with Crippen LogP contribution in [0.25, 0.3) is 0 Å². The van der Waals surface area contributed by atoms with Crippen molar-refractivity contribution >= 4 is 17.5 Å². The molecule has 2 atom stereocenters. The highest BCUT2D eigenvalue weighted by atomic mass is 16.7. The zero-order valence-electron chi connectivity index (χ0n) is 16.9. The van der Waals surface area contributed by atoms with Gasteiger partial charge in [-0.3, -0.25) is 14.6 Å². The van der Waals surface area contributed by atoms with E-state index in [1.54, 1.807) is 12.4 Å². The lowest BCUT2D eigenvalue weighted by Crippen LogP contribution is -2.54. The number of allylic oxidation sites excluding steroid dienone is 2. The van der Waals surface area contributed by atoms with Gasteiger partial charge in [0.15, 0.2) is 5.60 Å². The molecule has 0 bridgehead atoms. The topological polar surface area (TPSA) is 83.9 Å².